The van der Waals surface area contributed by atoms with Crippen molar-refractivity contribution in [1.29, 1.82) is 0 Å². The van der Waals surface area contributed by atoms with E-state index in [1.54, 1.807) is 6.92 Å². The maximum absolute atomic E-state index is 11.9. The van der Waals surface area contributed by atoms with Gasteiger partial charge in [-0.1, -0.05) is 0 Å². The summed E-state index contributed by atoms with van der Waals surface area (Å²) in [6.07, 6.45) is -4.30. The highest BCUT2D eigenvalue weighted by molar-refractivity contribution is 4.79. The van der Waals surface area contributed by atoms with Crippen LogP contribution >= 0.6 is 0 Å². The first-order valence-corrected chi connectivity index (χ1v) is 3.42. The predicted molar refractivity (Wildman–Crippen MR) is 33.3 cm³/mol. The maximum Gasteiger partial charge on any atom is 0.406 e. The summed E-state index contributed by atoms with van der Waals surface area (Å²) in [6, 6.07) is -1.49. The first kappa shape index (κ1) is 8.80. The molecule has 0 saturated carbocycles. The van der Waals surface area contributed by atoms with Crippen molar-refractivity contribution in [1.82, 2.24) is 5.32 Å². The lowest BCUT2D eigenvalue weighted by Crippen LogP contribution is -2.52. The van der Waals surface area contributed by atoms with Gasteiger partial charge in [0.15, 0.2) is 0 Å². The van der Waals surface area contributed by atoms with Crippen molar-refractivity contribution in [3.05, 3.63) is 0 Å². The Labute approximate surface area is 62.7 Å². The molecule has 5 heteroatoms. The van der Waals surface area contributed by atoms with Gasteiger partial charge in [-0.15, -0.1) is 0 Å². The Morgan fingerprint density at radius 2 is 2.09 bits per heavy atom. The highest BCUT2D eigenvalue weighted by atomic mass is 19.4. The van der Waals surface area contributed by atoms with Gasteiger partial charge in [0, 0.05) is 6.54 Å². The van der Waals surface area contributed by atoms with E-state index in [1.807, 2.05) is 0 Å². The van der Waals surface area contributed by atoms with Crippen LogP contribution in [-0.4, -0.2) is 31.5 Å². The van der Waals surface area contributed by atoms with Crippen LogP contribution in [0.2, 0.25) is 0 Å². The average Bonchev–Trinajstić information content (AvgIpc) is 1.86. The van der Waals surface area contributed by atoms with E-state index in [0.29, 0.717) is 0 Å². The van der Waals surface area contributed by atoms with Gasteiger partial charge < -0.3 is 10.1 Å². The van der Waals surface area contributed by atoms with Crippen LogP contribution in [0.3, 0.4) is 0 Å². The van der Waals surface area contributed by atoms with Gasteiger partial charge in [-0.05, 0) is 6.92 Å². The molecule has 11 heavy (non-hydrogen) atoms. The number of rotatable bonds is 0. The number of morpholine rings is 1. The smallest absolute Gasteiger partial charge is 0.375 e. The Morgan fingerprint density at radius 3 is 2.45 bits per heavy atom. The van der Waals surface area contributed by atoms with Crippen molar-refractivity contribution < 1.29 is 17.9 Å². The summed E-state index contributed by atoms with van der Waals surface area (Å²) >= 11 is 0. The third-order valence-electron chi connectivity index (χ3n) is 1.59. The van der Waals surface area contributed by atoms with Crippen molar-refractivity contribution in [2.75, 3.05) is 13.2 Å². The predicted octanol–water partition coefficient (Wildman–Crippen LogP) is 0.926. The molecule has 1 fully saturated rings. The standard InChI is InChI=1S/C6H10F3NO/c1-4-2-10-5(3-11-4)6(7,8)9/h4-5,10H,2-3H2,1H3. The third kappa shape index (κ3) is 2.34. The Morgan fingerprint density at radius 1 is 1.45 bits per heavy atom. The molecular formula is C6H10F3NO. The zero-order chi connectivity index (χ0) is 8.48. The number of hydrogen-bond donors (Lipinski definition) is 1. The van der Waals surface area contributed by atoms with Gasteiger partial charge in [0.25, 0.3) is 0 Å². The normalized spacial score (nSPS) is 33.8. The molecule has 0 aliphatic carbocycles. The summed E-state index contributed by atoms with van der Waals surface area (Å²) in [4.78, 5) is 0. The highest BCUT2D eigenvalue weighted by Gasteiger charge is 2.41. The molecule has 1 heterocycles. The molecule has 0 aromatic carbocycles. The molecule has 0 radical (unpaired) electrons. The Hall–Kier alpha value is -0.290. The zero-order valence-electron chi connectivity index (χ0n) is 6.11. The monoisotopic (exact) mass is 169 g/mol. The summed E-state index contributed by atoms with van der Waals surface area (Å²) in [6.45, 7) is 1.73. The first-order valence-electron chi connectivity index (χ1n) is 3.42. The first-order chi connectivity index (χ1) is 5.00. The molecule has 2 nitrogen and oxygen atoms in total. The van der Waals surface area contributed by atoms with Gasteiger partial charge >= 0.3 is 6.18 Å². The Bertz CT molecular complexity index is 128. The van der Waals surface area contributed by atoms with Gasteiger partial charge in [0.05, 0.1) is 12.7 Å². The SMILES string of the molecule is CC1CNC(C(F)(F)F)CO1. The molecule has 1 aliphatic rings. The number of halogens is 3. The van der Waals surface area contributed by atoms with Crippen LogP contribution < -0.4 is 5.32 Å². The van der Waals surface area contributed by atoms with Crippen LogP contribution in [0.25, 0.3) is 0 Å². The van der Waals surface area contributed by atoms with Crippen molar-refractivity contribution >= 4 is 0 Å². The van der Waals surface area contributed by atoms with E-state index < -0.39 is 12.2 Å². The average molecular weight is 169 g/mol. The van der Waals surface area contributed by atoms with Crippen molar-refractivity contribution in [3.63, 3.8) is 0 Å². The van der Waals surface area contributed by atoms with Gasteiger partial charge in [-0.2, -0.15) is 13.2 Å². The molecule has 0 aromatic heterocycles. The molecule has 1 aliphatic heterocycles. The molecule has 2 unspecified atom stereocenters. The number of ether oxygens (including phenoxy) is 1. The summed E-state index contributed by atoms with van der Waals surface area (Å²) in [5, 5.41) is 2.36. The second-order valence-corrected chi connectivity index (χ2v) is 2.65. The number of hydrogen-bond acceptors (Lipinski definition) is 2. The lowest BCUT2D eigenvalue weighted by molar-refractivity contribution is -0.182. The van der Waals surface area contributed by atoms with Crippen LogP contribution in [0.15, 0.2) is 0 Å². The molecule has 1 N–H and O–H groups in total. The molecule has 1 rings (SSSR count). The second kappa shape index (κ2) is 2.98. The number of nitrogens with one attached hydrogen (secondary N) is 1. The van der Waals surface area contributed by atoms with E-state index in [-0.39, 0.29) is 19.3 Å². The fourth-order valence-electron chi connectivity index (χ4n) is 0.897. The van der Waals surface area contributed by atoms with Crippen LogP contribution in [-0.2, 0) is 4.74 Å². The largest absolute Gasteiger partial charge is 0.406 e. The molecule has 0 aromatic rings. The van der Waals surface area contributed by atoms with Crippen molar-refractivity contribution in [3.8, 4) is 0 Å². The molecule has 1 saturated heterocycles. The lowest BCUT2D eigenvalue weighted by atomic mass is 10.2. The minimum absolute atomic E-state index is 0.117. The van der Waals surface area contributed by atoms with Crippen LogP contribution in [0.1, 0.15) is 6.92 Å². The van der Waals surface area contributed by atoms with Crippen LogP contribution in [0.4, 0.5) is 13.2 Å². The molecular weight excluding hydrogens is 159 g/mol. The van der Waals surface area contributed by atoms with Crippen LogP contribution in [0.5, 0.6) is 0 Å². The molecule has 2 atom stereocenters. The number of alkyl halides is 3. The summed E-state index contributed by atoms with van der Waals surface area (Å²) in [5.74, 6) is 0. The van der Waals surface area contributed by atoms with Gasteiger partial charge in [0.1, 0.15) is 6.04 Å². The minimum Gasteiger partial charge on any atom is -0.375 e. The summed E-state index contributed by atoms with van der Waals surface area (Å²) in [5.41, 5.74) is 0. The summed E-state index contributed by atoms with van der Waals surface area (Å²) in [7, 11) is 0. The van der Waals surface area contributed by atoms with Crippen molar-refractivity contribution in [2.45, 2.75) is 25.2 Å². The van der Waals surface area contributed by atoms with E-state index in [4.69, 9.17) is 4.74 Å². The minimum atomic E-state index is -4.18. The molecule has 0 amide bonds. The van der Waals surface area contributed by atoms with Gasteiger partial charge in [0.2, 0.25) is 0 Å². The van der Waals surface area contributed by atoms with E-state index in [9.17, 15) is 13.2 Å². The lowest BCUT2D eigenvalue weighted by Gasteiger charge is -2.29. The Balaban J connectivity index is 2.39. The molecule has 0 bridgehead atoms. The topological polar surface area (TPSA) is 21.3 Å². The maximum atomic E-state index is 11.9. The fourth-order valence-corrected chi connectivity index (χ4v) is 0.897. The second-order valence-electron chi connectivity index (χ2n) is 2.65. The zero-order valence-corrected chi connectivity index (χ0v) is 6.11. The highest BCUT2D eigenvalue weighted by Crippen LogP contribution is 2.22. The van der Waals surface area contributed by atoms with E-state index in [0.717, 1.165) is 0 Å². The van der Waals surface area contributed by atoms with Gasteiger partial charge in [-0.3, -0.25) is 0 Å². The van der Waals surface area contributed by atoms with Crippen LogP contribution in [0, 0.1) is 0 Å². The Kier molecular flexibility index (Phi) is 2.39. The van der Waals surface area contributed by atoms with E-state index in [1.165, 1.54) is 0 Å². The molecule has 0 spiro atoms. The van der Waals surface area contributed by atoms with Gasteiger partial charge in [-0.25, -0.2) is 0 Å². The van der Waals surface area contributed by atoms with Crippen molar-refractivity contribution in [2.24, 2.45) is 0 Å². The molecule has 66 valence electrons. The van der Waals surface area contributed by atoms with E-state index >= 15 is 0 Å². The van der Waals surface area contributed by atoms with E-state index in [2.05, 4.69) is 5.32 Å². The third-order valence-corrected chi connectivity index (χ3v) is 1.59. The quantitative estimate of drug-likeness (QED) is 0.582. The fraction of sp³-hybridized carbons (Fsp3) is 1.00. The summed E-state index contributed by atoms with van der Waals surface area (Å²) < 4.78 is 40.6.